The first-order chi connectivity index (χ1) is 9.81. The Balaban J connectivity index is 2.42. The summed E-state index contributed by atoms with van der Waals surface area (Å²) in [6.45, 7) is 0.172. The van der Waals surface area contributed by atoms with Crippen molar-refractivity contribution in [3.8, 4) is 0 Å². The fourth-order valence-electron chi connectivity index (χ4n) is 1.70. The molecular weight excluding hydrogens is 338 g/mol. The molecule has 0 spiro atoms. The van der Waals surface area contributed by atoms with E-state index in [-0.39, 0.29) is 27.2 Å². The minimum atomic E-state index is -3.97. The molecular formula is C13H11Cl2FN2O2S. The van der Waals surface area contributed by atoms with Crippen molar-refractivity contribution in [2.24, 2.45) is 5.73 Å². The van der Waals surface area contributed by atoms with E-state index in [1.54, 1.807) is 6.07 Å². The first-order valence-corrected chi connectivity index (χ1v) is 8.03. The van der Waals surface area contributed by atoms with E-state index in [1.165, 1.54) is 18.2 Å². The van der Waals surface area contributed by atoms with E-state index in [2.05, 4.69) is 4.72 Å². The number of nitrogens with two attached hydrogens (primary N) is 1. The zero-order chi connectivity index (χ0) is 15.6. The van der Waals surface area contributed by atoms with Gasteiger partial charge in [-0.05, 0) is 35.9 Å². The SMILES string of the molecule is NCc1ccc(Cl)c(S(=O)(=O)Nc2cc(F)cc(Cl)c2)c1. The molecule has 4 nitrogen and oxygen atoms in total. The summed E-state index contributed by atoms with van der Waals surface area (Å²) in [4.78, 5) is -0.132. The van der Waals surface area contributed by atoms with Crippen LogP contribution in [0.2, 0.25) is 10.0 Å². The molecule has 21 heavy (non-hydrogen) atoms. The molecule has 0 amide bonds. The lowest BCUT2D eigenvalue weighted by molar-refractivity contribution is 0.601. The van der Waals surface area contributed by atoms with E-state index < -0.39 is 15.8 Å². The van der Waals surface area contributed by atoms with E-state index in [1.807, 2.05) is 0 Å². The Morgan fingerprint density at radius 2 is 1.86 bits per heavy atom. The van der Waals surface area contributed by atoms with Crippen LogP contribution in [0.3, 0.4) is 0 Å². The lowest BCUT2D eigenvalue weighted by atomic mass is 10.2. The Labute approximate surface area is 131 Å². The number of nitrogens with one attached hydrogen (secondary N) is 1. The third-order valence-corrected chi connectivity index (χ3v) is 4.72. The van der Waals surface area contributed by atoms with Gasteiger partial charge in [-0.15, -0.1) is 0 Å². The highest BCUT2D eigenvalue weighted by molar-refractivity contribution is 7.92. The van der Waals surface area contributed by atoms with Crippen LogP contribution in [0.4, 0.5) is 10.1 Å². The van der Waals surface area contributed by atoms with Crippen LogP contribution in [0.15, 0.2) is 41.3 Å². The maximum Gasteiger partial charge on any atom is 0.263 e. The Morgan fingerprint density at radius 1 is 1.14 bits per heavy atom. The summed E-state index contributed by atoms with van der Waals surface area (Å²) in [6.07, 6.45) is 0. The molecule has 0 unspecified atom stereocenters. The summed E-state index contributed by atoms with van der Waals surface area (Å²) in [5.41, 5.74) is 6.10. The zero-order valence-electron chi connectivity index (χ0n) is 10.6. The third-order valence-electron chi connectivity index (χ3n) is 2.64. The van der Waals surface area contributed by atoms with Gasteiger partial charge in [0.25, 0.3) is 10.0 Å². The molecule has 112 valence electrons. The fourth-order valence-corrected chi connectivity index (χ4v) is 3.52. The highest BCUT2D eigenvalue weighted by atomic mass is 35.5. The number of sulfonamides is 1. The molecule has 2 aromatic carbocycles. The van der Waals surface area contributed by atoms with Crippen LogP contribution in [0, 0.1) is 5.82 Å². The van der Waals surface area contributed by atoms with Gasteiger partial charge >= 0.3 is 0 Å². The monoisotopic (exact) mass is 348 g/mol. The molecule has 8 heteroatoms. The van der Waals surface area contributed by atoms with E-state index in [9.17, 15) is 12.8 Å². The summed E-state index contributed by atoms with van der Waals surface area (Å²) < 4.78 is 40.1. The predicted octanol–water partition coefficient (Wildman–Crippen LogP) is 3.39. The van der Waals surface area contributed by atoms with Crippen molar-refractivity contribution in [1.29, 1.82) is 0 Å². The Hall–Kier alpha value is -1.34. The number of anilines is 1. The van der Waals surface area contributed by atoms with Crippen LogP contribution in [-0.2, 0) is 16.6 Å². The molecule has 0 saturated carbocycles. The maximum atomic E-state index is 13.2. The molecule has 0 aromatic heterocycles. The molecule has 2 aromatic rings. The van der Waals surface area contributed by atoms with Crippen LogP contribution in [0.1, 0.15) is 5.56 Å². The molecule has 2 rings (SSSR count). The second kappa shape index (κ2) is 6.19. The molecule has 0 heterocycles. The number of hydrogen-bond donors (Lipinski definition) is 2. The van der Waals surface area contributed by atoms with Gasteiger partial charge in [0.15, 0.2) is 0 Å². The fraction of sp³-hybridized carbons (Fsp3) is 0.0769. The van der Waals surface area contributed by atoms with Crippen molar-refractivity contribution in [1.82, 2.24) is 0 Å². The van der Waals surface area contributed by atoms with Crippen molar-refractivity contribution in [2.45, 2.75) is 11.4 Å². The largest absolute Gasteiger partial charge is 0.326 e. The number of halogens is 3. The normalized spacial score (nSPS) is 11.4. The van der Waals surface area contributed by atoms with Gasteiger partial charge in [-0.25, -0.2) is 12.8 Å². The van der Waals surface area contributed by atoms with Crippen molar-refractivity contribution < 1.29 is 12.8 Å². The van der Waals surface area contributed by atoms with Gasteiger partial charge in [0.05, 0.1) is 10.7 Å². The van der Waals surface area contributed by atoms with Crippen LogP contribution in [0.25, 0.3) is 0 Å². The second-order valence-electron chi connectivity index (χ2n) is 4.23. The summed E-state index contributed by atoms with van der Waals surface area (Å²) in [6, 6.07) is 7.82. The van der Waals surface area contributed by atoms with Crippen LogP contribution in [0.5, 0.6) is 0 Å². The first kappa shape index (κ1) is 16.0. The molecule has 0 aliphatic carbocycles. The molecule has 0 bridgehead atoms. The van der Waals surface area contributed by atoms with Gasteiger partial charge in [-0.1, -0.05) is 29.3 Å². The van der Waals surface area contributed by atoms with Gasteiger partial charge < -0.3 is 5.73 Å². The highest BCUT2D eigenvalue weighted by Crippen LogP contribution is 2.26. The van der Waals surface area contributed by atoms with E-state index in [0.717, 1.165) is 12.1 Å². The van der Waals surface area contributed by atoms with E-state index >= 15 is 0 Å². The van der Waals surface area contributed by atoms with Crippen molar-refractivity contribution in [3.63, 3.8) is 0 Å². The van der Waals surface area contributed by atoms with Crippen LogP contribution in [-0.4, -0.2) is 8.42 Å². The average molecular weight is 349 g/mol. The number of benzene rings is 2. The molecule has 0 aliphatic heterocycles. The van der Waals surface area contributed by atoms with Gasteiger partial charge in [0.2, 0.25) is 0 Å². The Morgan fingerprint density at radius 3 is 2.48 bits per heavy atom. The Bertz CT molecular complexity index is 761. The molecule has 0 atom stereocenters. The summed E-state index contributed by atoms with van der Waals surface area (Å²) in [5.74, 6) is -0.651. The van der Waals surface area contributed by atoms with Gasteiger partial charge in [0.1, 0.15) is 10.7 Å². The highest BCUT2D eigenvalue weighted by Gasteiger charge is 2.19. The average Bonchev–Trinajstić information content (AvgIpc) is 2.37. The summed E-state index contributed by atoms with van der Waals surface area (Å²) in [7, 11) is -3.97. The lowest BCUT2D eigenvalue weighted by Gasteiger charge is -2.11. The first-order valence-electron chi connectivity index (χ1n) is 5.79. The number of rotatable bonds is 4. The predicted molar refractivity (Wildman–Crippen MR) is 81.6 cm³/mol. The van der Waals surface area contributed by atoms with Crippen LogP contribution < -0.4 is 10.5 Å². The standard InChI is InChI=1S/C13H11Cl2FN2O2S/c14-9-4-10(16)6-11(5-9)18-21(19,20)13-3-8(7-17)1-2-12(13)15/h1-6,18H,7,17H2. The van der Waals surface area contributed by atoms with E-state index in [0.29, 0.717) is 5.56 Å². The summed E-state index contributed by atoms with van der Waals surface area (Å²) >= 11 is 11.6. The zero-order valence-corrected chi connectivity index (χ0v) is 12.9. The minimum absolute atomic E-state index is 0.00854. The molecule has 0 radical (unpaired) electrons. The summed E-state index contributed by atoms with van der Waals surface area (Å²) in [5, 5.41) is 0.122. The van der Waals surface area contributed by atoms with Crippen LogP contribution >= 0.6 is 23.2 Å². The molecule has 0 saturated heterocycles. The number of hydrogen-bond acceptors (Lipinski definition) is 3. The topological polar surface area (TPSA) is 72.2 Å². The maximum absolute atomic E-state index is 13.2. The molecule has 3 N–H and O–H groups in total. The van der Waals surface area contributed by atoms with Gasteiger partial charge in [-0.3, -0.25) is 4.72 Å². The van der Waals surface area contributed by atoms with E-state index in [4.69, 9.17) is 28.9 Å². The minimum Gasteiger partial charge on any atom is -0.326 e. The molecule has 0 aliphatic rings. The quantitative estimate of drug-likeness (QED) is 0.889. The van der Waals surface area contributed by atoms with Crippen molar-refractivity contribution >= 4 is 38.9 Å². The lowest BCUT2D eigenvalue weighted by Crippen LogP contribution is -2.14. The van der Waals surface area contributed by atoms with Gasteiger partial charge in [0, 0.05) is 11.6 Å². The van der Waals surface area contributed by atoms with Crippen molar-refractivity contribution in [3.05, 3.63) is 57.8 Å². The van der Waals surface area contributed by atoms with Crippen molar-refractivity contribution in [2.75, 3.05) is 4.72 Å². The smallest absolute Gasteiger partial charge is 0.263 e. The Kier molecular flexibility index (Phi) is 4.73. The third kappa shape index (κ3) is 3.85. The second-order valence-corrected chi connectivity index (χ2v) is 6.73. The van der Waals surface area contributed by atoms with Gasteiger partial charge in [-0.2, -0.15) is 0 Å². The molecule has 0 fully saturated rings.